The van der Waals surface area contributed by atoms with Crippen LogP contribution in [0.5, 0.6) is 5.75 Å². The van der Waals surface area contributed by atoms with Gasteiger partial charge in [-0.3, -0.25) is 4.79 Å². The molecule has 0 spiro atoms. The summed E-state index contributed by atoms with van der Waals surface area (Å²) in [4.78, 5) is 19.0. The summed E-state index contributed by atoms with van der Waals surface area (Å²) in [5, 5.41) is 3.06. The minimum Gasteiger partial charge on any atom is -0.482 e. The monoisotopic (exact) mass is 392 g/mol. The highest BCUT2D eigenvalue weighted by atomic mass is 32.1. The summed E-state index contributed by atoms with van der Waals surface area (Å²) in [6, 6.07) is 14.4. The minimum absolute atomic E-state index is 0.0287. The van der Waals surface area contributed by atoms with Crippen molar-refractivity contribution in [2.75, 3.05) is 11.5 Å². The third-order valence-corrected chi connectivity index (χ3v) is 5.75. The summed E-state index contributed by atoms with van der Waals surface area (Å²) in [5.41, 5.74) is 5.22. The lowest BCUT2D eigenvalue weighted by Gasteiger charge is -2.30. The van der Waals surface area contributed by atoms with Gasteiger partial charge in [0.2, 0.25) is 0 Å². The number of amides is 1. The first-order chi connectivity index (χ1) is 13.3. The number of thiazole rings is 1. The Morgan fingerprint density at radius 2 is 1.89 bits per heavy atom. The number of aryl methyl sites for hydroxylation is 1. The molecule has 4 rings (SSSR count). The van der Waals surface area contributed by atoms with E-state index < -0.39 is 0 Å². The Hall–Kier alpha value is -2.66. The number of carbonyl (C=O) groups is 1. The zero-order valence-corrected chi connectivity index (χ0v) is 17.5. The van der Waals surface area contributed by atoms with Gasteiger partial charge in [-0.05, 0) is 41.7 Å². The molecule has 0 fully saturated rings. The first kappa shape index (κ1) is 18.7. The van der Waals surface area contributed by atoms with E-state index in [1.54, 1.807) is 11.3 Å². The summed E-state index contributed by atoms with van der Waals surface area (Å²) >= 11 is 1.62. The quantitative estimate of drug-likeness (QED) is 0.604. The van der Waals surface area contributed by atoms with E-state index in [1.807, 2.05) is 35.4 Å². The maximum Gasteiger partial charge on any atom is 0.265 e. The van der Waals surface area contributed by atoms with Crippen LogP contribution in [0.1, 0.15) is 36.9 Å². The molecule has 0 radical (unpaired) electrons. The normalized spacial score (nSPS) is 14.0. The Bertz CT molecular complexity index is 1020. The molecule has 5 heteroatoms. The average Bonchev–Trinajstić information content (AvgIpc) is 3.10. The van der Waals surface area contributed by atoms with Crippen LogP contribution in [0.4, 0.5) is 5.69 Å². The molecule has 0 N–H and O–H groups in total. The van der Waals surface area contributed by atoms with Crippen molar-refractivity contribution in [3.8, 4) is 17.0 Å². The number of hydrogen-bond donors (Lipinski definition) is 0. The van der Waals surface area contributed by atoms with Gasteiger partial charge in [0.25, 0.3) is 5.91 Å². The van der Waals surface area contributed by atoms with E-state index in [0.717, 1.165) is 33.3 Å². The van der Waals surface area contributed by atoms with E-state index in [1.165, 1.54) is 5.56 Å². The van der Waals surface area contributed by atoms with E-state index in [9.17, 15) is 4.79 Å². The second-order valence-electron chi connectivity index (χ2n) is 8.15. The van der Waals surface area contributed by atoms with E-state index in [4.69, 9.17) is 4.74 Å². The van der Waals surface area contributed by atoms with Gasteiger partial charge < -0.3 is 9.64 Å². The van der Waals surface area contributed by atoms with E-state index in [2.05, 4.69) is 50.0 Å². The van der Waals surface area contributed by atoms with Crippen LogP contribution >= 0.6 is 11.3 Å². The summed E-state index contributed by atoms with van der Waals surface area (Å²) in [7, 11) is 0. The molecule has 1 aromatic heterocycles. The number of carbonyl (C=O) groups excluding carboxylic acids is 1. The number of ether oxygens (including phenoxy) is 1. The van der Waals surface area contributed by atoms with Crippen molar-refractivity contribution in [2.24, 2.45) is 0 Å². The molecule has 2 aromatic carbocycles. The van der Waals surface area contributed by atoms with Crippen LogP contribution in [0, 0.1) is 6.92 Å². The van der Waals surface area contributed by atoms with Crippen molar-refractivity contribution in [1.82, 2.24) is 4.98 Å². The van der Waals surface area contributed by atoms with Crippen LogP contribution in [0.2, 0.25) is 0 Å². The molecular weight excluding hydrogens is 368 g/mol. The van der Waals surface area contributed by atoms with Crippen LogP contribution in [0.25, 0.3) is 11.3 Å². The highest BCUT2D eigenvalue weighted by Crippen LogP contribution is 2.37. The van der Waals surface area contributed by atoms with Gasteiger partial charge in [-0.25, -0.2) is 4.98 Å². The number of anilines is 1. The van der Waals surface area contributed by atoms with Gasteiger partial charge in [0, 0.05) is 10.9 Å². The molecule has 0 saturated heterocycles. The van der Waals surface area contributed by atoms with Crippen LogP contribution in [-0.4, -0.2) is 17.5 Å². The van der Waals surface area contributed by atoms with E-state index in [-0.39, 0.29) is 17.9 Å². The molecule has 1 aliphatic heterocycles. The van der Waals surface area contributed by atoms with Gasteiger partial charge in [-0.15, -0.1) is 11.3 Å². The maximum atomic E-state index is 12.6. The van der Waals surface area contributed by atoms with Crippen molar-refractivity contribution in [1.29, 1.82) is 0 Å². The Morgan fingerprint density at radius 1 is 1.14 bits per heavy atom. The van der Waals surface area contributed by atoms with Gasteiger partial charge >= 0.3 is 0 Å². The number of aromatic nitrogens is 1. The smallest absolute Gasteiger partial charge is 0.265 e. The van der Waals surface area contributed by atoms with Crippen LogP contribution in [-0.2, 0) is 16.8 Å². The number of rotatable bonds is 3. The summed E-state index contributed by atoms with van der Waals surface area (Å²) < 4.78 is 5.65. The molecule has 1 amide bonds. The second-order valence-corrected chi connectivity index (χ2v) is 9.21. The third kappa shape index (κ3) is 3.67. The van der Waals surface area contributed by atoms with Gasteiger partial charge in [0.1, 0.15) is 5.75 Å². The topological polar surface area (TPSA) is 42.4 Å². The standard InChI is InChI=1S/C23H24N2O2S/c1-15-24-19(14-28-15)17-7-10-21-20(11-17)25(22(26)13-27-21)12-16-5-8-18(9-6-16)23(2,3)4/h5-11,14H,12-13H2,1-4H3. The Labute approximate surface area is 169 Å². The highest BCUT2D eigenvalue weighted by molar-refractivity contribution is 7.09. The van der Waals surface area contributed by atoms with Crippen LogP contribution in [0.3, 0.4) is 0 Å². The molecule has 144 valence electrons. The molecule has 0 unspecified atom stereocenters. The van der Waals surface area contributed by atoms with E-state index in [0.29, 0.717) is 6.54 Å². The molecule has 0 bridgehead atoms. The zero-order valence-electron chi connectivity index (χ0n) is 16.7. The summed E-state index contributed by atoms with van der Waals surface area (Å²) in [6.45, 7) is 9.19. The second kappa shape index (κ2) is 7.06. The molecule has 28 heavy (non-hydrogen) atoms. The predicted molar refractivity (Wildman–Crippen MR) is 114 cm³/mol. The highest BCUT2D eigenvalue weighted by Gasteiger charge is 2.26. The number of hydrogen-bond acceptors (Lipinski definition) is 4. The fraction of sp³-hybridized carbons (Fsp3) is 0.304. The van der Waals surface area contributed by atoms with Crippen molar-refractivity contribution < 1.29 is 9.53 Å². The predicted octanol–water partition coefficient (Wildman–Crippen LogP) is 5.34. The maximum absolute atomic E-state index is 12.6. The minimum atomic E-state index is -0.0287. The van der Waals surface area contributed by atoms with Crippen molar-refractivity contribution in [3.05, 3.63) is 64.0 Å². The van der Waals surface area contributed by atoms with Crippen molar-refractivity contribution >= 4 is 22.9 Å². The first-order valence-electron chi connectivity index (χ1n) is 9.40. The summed E-state index contributed by atoms with van der Waals surface area (Å²) in [5.74, 6) is 0.709. The van der Waals surface area contributed by atoms with E-state index >= 15 is 0 Å². The molecule has 3 aromatic rings. The Morgan fingerprint density at radius 3 is 2.54 bits per heavy atom. The molecule has 0 aliphatic carbocycles. The van der Waals surface area contributed by atoms with Crippen molar-refractivity contribution in [3.63, 3.8) is 0 Å². The van der Waals surface area contributed by atoms with Gasteiger partial charge in [-0.1, -0.05) is 45.0 Å². The van der Waals surface area contributed by atoms with Gasteiger partial charge in [0.05, 0.1) is 22.9 Å². The molecule has 2 heterocycles. The lowest BCUT2D eigenvalue weighted by atomic mass is 9.87. The van der Waals surface area contributed by atoms with Gasteiger partial charge in [-0.2, -0.15) is 0 Å². The molecule has 4 nitrogen and oxygen atoms in total. The fourth-order valence-electron chi connectivity index (χ4n) is 3.32. The van der Waals surface area contributed by atoms with Crippen molar-refractivity contribution in [2.45, 2.75) is 39.7 Å². The number of nitrogens with zero attached hydrogens (tertiary/aromatic N) is 2. The third-order valence-electron chi connectivity index (χ3n) is 4.98. The van der Waals surface area contributed by atoms with Crippen LogP contribution < -0.4 is 9.64 Å². The molecule has 0 saturated carbocycles. The number of benzene rings is 2. The Kier molecular flexibility index (Phi) is 4.71. The first-order valence-corrected chi connectivity index (χ1v) is 10.3. The fourth-order valence-corrected chi connectivity index (χ4v) is 3.95. The Balaban J connectivity index is 1.66. The van der Waals surface area contributed by atoms with Crippen LogP contribution in [0.15, 0.2) is 47.8 Å². The summed E-state index contributed by atoms with van der Waals surface area (Å²) in [6.07, 6.45) is 0. The molecule has 0 atom stereocenters. The largest absolute Gasteiger partial charge is 0.482 e. The molecule has 1 aliphatic rings. The lowest BCUT2D eigenvalue weighted by Crippen LogP contribution is -2.38. The number of fused-ring (bicyclic) bond motifs is 1. The lowest BCUT2D eigenvalue weighted by molar-refractivity contribution is -0.121. The molecular formula is C23H24N2O2S. The van der Waals surface area contributed by atoms with Gasteiger partial charge in [0.15, 0.2) is 6.61 Å². The average molecular weight is 393 g/mol. The zero-order chi connectivity index (χ0) is 19.9. The SMILES string of the molecule is Cc1nc(-c2ccc3c(c2)N(Cc2ccc(C(C)(C)C)cc2)C(=O)CO3)cs1.